The second-order valence-corrected chi connectivity index (χ2v) is 5.92. The monoisotopic (exact) mass is 341 g/mol. The Balaban J connectivity index is 2.20. The first-order valence-corrected chi connectivity index (χ1v) is 6.76. The van der Waals surface area contributed by atoms with Crippen LogP contribution in [-0.4, -0.2) is 22.1 Å². The highest BCUT2D eigenvalue weighted by Crippen LogP contribution is 2.26. The lowest BCUT2D eigenvalue weighted by atomic mass is 10.2. The molecule has 0 aliphatic heterocycles. The van der Waals surface area contributed by atoms with Crippen molar-refractivity contribution >= 4 is 44.8 Å². The fraction of sp³-hybridized carbons (Fsp3) is 0. The van der Waals surface area contributed by atoms with E-state index in [1.165, 1.54) is 23.5 Å². The molecule has 5 nitrogen and oxygen atoms in total. The molecule has 0 fully saturated rings. The van der Waals surface area contributed by atoms with Crippen LogP contribution in [0.3, 0.4) is 0 Å². The van der Waals surface area contributed by atoms with Gasteiger partial charge in [0, 0.05) is 5.38 Å². The molecule has 0 atom stereocenters. The molecule has 2 aromatic rings. The summed E-state index contributed by atoms with van der Waals surface area (Å²) in [5.41, 5.74) is 0.574. The first-order valence-electron chi connectivity index (χ1n) is 5.09. The van der Waals surface area contributed by atoms with Gasteiger partial charge >= 0.3 is 5.97 Å². The maximum atomic E-state index is 11.8. The van der Waals surface area contributed by atoms with Crippen molar-refractivity contribution in [1.29, 1.82) is 0 Å². The average molecular weight is 342 g/mol. The molecule has 19 heavy (non-hydrogen) atoms. The molecule has 1 aromatic heterocycles. The van der Waals surface area contributed by atoms with Gasteiger partial charge in [-0.25, -0.2) is 4.79 Å². The van der Waals surface area contributed by atoms with Gasteiger partial charge in [-0.05, 0) is 40.2 Å². The third-order valence-corrected chi connectivity index (χ3v) is 3.83. The molecule has 98 valence electrons. The Bertz CT molecular complexity index is 653. The number of carboxylic acids is 1. The van der Waals surface area contributed by atoms with Gasteiger partial charge in [0.2, 0.25) is 0 Å². The van der Waals surface area contributed by atoms with Crippen LogP contribution in [0.25, 0.3) is 0 Å². The first-order chi connectivity index (χ1) is 8.97. The number of amides is 1. The number of benzene rings is 1. The quantitative estimate of drug-likeness (QED) is 0.748. The van der Waals surface area contributed by atoms with E-state index < -0.39 is 5.97 Å². The van der Waals surface area contributed by atoms with Crippen LogP contribution in [0, 0.1) is 0 Å². The number of thiophene rings is 1. The summed E-state index contributed by atoms with van der Waals surface area (Å²) in [7, 11) is 0. The second-order valence-electron chi connectivity index (χ2n) is 3.63. The predicted octanol–water partition coefficient (Wildman–Crippen LogP) is 3.17. The minimum atomic E-state index is -1.14. The molecule has 7 heteroatoms. The van der Waals surface area contributed by atoms with Gasteiger partial charge in [0.15, 0.2) is 0 Å². The number of hydrogen-bond donors (Lipinski definition) is 3. The molecule has 0 saturated carbocycles. The molecule has 0 aliphatic carbocycles. The highest BCUT2D eigenvalue weighted by atomic mass is 79.9. The maximum absolute atomic E-state index is 11.8. The van der Waals surface area contributed by atoms with Crippen LogP contribution in [0.2, 0.25) is 0 Å². The standard InChI is InChI=1S/C12H8BrNO4S/c13-10-4-7(5-19-10)11(16)14-8-2-1-6(12(17)18)3-9(8)15/h1-5,15H,(H,14,16)(H,17,18). The summed E-state index contributed by atoms with van der Waals surface area (Å²) in [4.78, 5) is 22.6. The Hall–Kier alpha value is -1.86. The molecule has 3 N–H and O–H groups in total. The Morgan fingerprint density at radius 2 is 1.95 bits per heavy atom. The predicted molar refractivity (Wildman–Crippen MR) is 75.0 cm³/mol. The number of hydrogen-bond acceptors (Lipinski definition) is 4. The summed E-state index contributed by atoms with van der Waals surface area (Å²) in [6.07, 6.45) is 0. The van der Waals surface area contributed by atoms with Gasteiger partial charge in [-0.15, -0.1) is 11.3 Å². The van der Waals surface area contributed by atoms with Gasteiger partial charge in [-0.2, -0.15) is 0 Å². The van der Waals surface area contributed by atoms with Crippen molar-refractivity contribution in [2.24, 2.45) is 0 Å². The highest BCUT2D eigenvalue weighted by molar-refractivity contribution is 9.11. The SMILES string of the molecule is O=C(O)c1ccc(NC(=O)c2csc(Br)c2)c(O)c1. The van der Waals surface area contributed by atoms with E-state index in [2.05, 4.69) is 21.2 Å². The van der Waals surface area contributed by atoms with Crippen molar-refractivity contribution in [2.45, 2.75) is 0 Å². The maximum Gasteiger partial charge on any atom is 0.335 e. The fourth-order valence-electron chi connectivity index (χ4n) is 1.39. The minimum absolute atomic E-state index is 0.0474. The summed E-state index contributed by atoms with van der Waals surface area (Å²) in [6.45, 7) is 0. The van der Waals surface area contributed by atoms with Gasteiger partial charge in [-0.1, -0.05) is 0 Å². The van der Waals surface area contributed by atoms with Crippen molar-refractivity contribution in [1.82, 2.24) is 0 Å². The Labute approximate surface area is 120 Å². The van der Waals surface area contributed by atoms with Crippen LogP contribution in [0.1, 0.15) is 20.7 Å². The van der Waals surface area contributed by atoms with Gasteiger partial charge in [0.25, 0.3) is 5.91 Å². The molecule has 0 radical (unpaired) electrons. The Kier molecular flexibility index (Phi) is 3.87. The molecule has 0 bridgehead atoms. The van der Waals surface area contributed by atoms with Gasteiger partial charge in [0.05, 0.1) is 20.6 Å². The van der Waals surface area contributed by atoms with Crippen LogP contribution in [-0.2, 0) is 0 Å². The van der Waals surface area contributed by atoms with Crippen LogP contribution >= 0.6 is 27.3 Å². The summed E-state index contributed by atoms with van der Waals surface area (Å²) in [6, 6.07) is 5.39. The van der Waals surface area contributed by atoms with E-state index in [0.717, 1.165) is 9.85 Å². The molecule has 2 rings (SSSR count). The lowest BCUT2D eigenvalue weighted by Gasteiger charge is -2.06. The summed E-state index contributed by atoms with van der Waals surface area (Å²) < 4.78 is 0.822. The average Bonchev–Trinajstić information content (AvgIpc) is 2.78. The number of phenolic OH excluding ortho intramolecular Hbond substituents is 1. The van der Waals surface area contributed by atoms with Crippen molar-refractivity contribution in [2.75, 3.05) is 5.32 Å². The lowest BCUT2D eigenvalue weighted by molar-refractivity contribution is 0.0696. The van der Waals surface area contributed by atoms with Gasteiger partial charge in [-0.3, -0.25) is 4.79 Å². The second kappa shape index (κ2) is 5.41. The molecule has 0 spiro atoms. The zero-order valence-electron chi connectivity index (χ0n) is 9.38. The largest absolute Gasteiger partial charge is 0.506 e. The number of halogens is 1. The topological polar surface area (TPSA) is 86.6 Å². The van der Waals surface area contributed by atoms with Crippen molar-refractivity contribution in [3.05, 3.63) is 44.6 Å². The molecule has 1 amide bonds. The highest BCUT2D eigenvalue weighted by Gasteiger charge is 2.12. The molecule has 0 saturated heterocycles. The van der Waals surface area contributed by atoms with E-state index in [1.807, 2.05) is 0 Å². The van der Waals surface area contributed by atoms with Crippen molar-refractivity contribution in [3.63, 3.8) is 0 Å². The number of anilines is 1. The molecule has 0 aliphatic rings. The number of rotatable bonds is 3. The summed E-state index contributed by atoms with van der Waals surface area (Å²) in [5.74, 6) is -1.81. The van der Waals surface area contributed by atoms with E-state index >= 15 is 0 Å². The number of carbonyl (C=O) groups excluding carboxylic acids is 1. The third kappa shape index (κ3) is 3.12. The lowest BCUT2D eigenvalue weighted by Crippen LogP contribution is -2.11. The Morgan fingerprint density at radius 3 is 2.47 bits per heavy atom. The zero-order chi connectivity index (χ0) is 14.0. The van der Waals surface area contributed by atoms with Crippen LogP contribution < -0.4 is 5.32 Å². The molecular formula is C12H8BrNO4S. The molecule has 0 unspecified atom stereocenters. The first kappa shape index (κ1) is 13.6. The number of nitrogens with one attached hydrogen (secondary N) is 1. The zero-order valence-corrected chi connectivity index (χ0v) is 11.8. The number of aromatic hydroxyl groups is 1. The van der Waals surface area contributed by atoms with E-state index in [0.29, 0.717) is 5.56 Å². The summed E-state index contributed by atoms with van der Waals surface area (Å²) >= 11 is 4.62. The molecule has 1 aromatic carbocycles. The van der Waals surface area contributed by atoms with Crippen LogP contribution in [0.5, 0.6) is 5.75 Å². The number of carbonyl (C=O) groups is 2. The molecular weight excluding hydrogens is 334 g/mol. The van der Waals surface area contributed by atoms with Crippen molar-refractivity contribution < 1.29 is 19.8 Å². The van der Waals surface area contributed by atoms with Crippen molar-refractivity contribution in [3.8, 4) is 5.75 Å². The summed E-state index contributed by atoms with van der Waals surface area (Å²) in [5, 5.41) is 22.6. The van der Waals surface area contributed by atoms with E-state index in [9.17, 15) is 14.7 Å². The number of phenols is 1. The smallest absolute Gasteiger partial charge is 0.335 e. The number of aromatic carboxylic acids is 1. The van der Waals surface area contributed by atoms with E-state index in [4.69, 9.17) is 5.11 Å². The Morgan fingerprint density at radius 1 is 1.21 bits per heavy atom. The van der Waals surface area contributed by atoms with Crippen LogP contribution in [0.15, 0.2) is 33.4 Å². The van der Waals surface area contributed by atoms with E-state index in [1.54, 1.807) is 11.4 Å². The third-order valence-electron chi connectivity index (χ3n) is 2.32. The molecule has 1 heterocycles. The fourth-order valence-corrected chi connectivity index (χ4v) is 2.53. The van der Waals surface area contributed by atoms with Crippen LogP contribution in [0.4, 0.5) is 5.69 Å². The van der Waals surface area contributed by atoms with E-state index in [-0.39, 0.29) is 22.9 Å². The van der Waals surface area contributed by atoms with Gasteiger partial charge < -0.3 is 15.5 Å². The van der Waals surface area contributed by atoms with Gasteiger partial charge in [0.1, 0.15) is 5.75 Å². The normalized spacial score (nSPS) is 10.2. The number of carboxylic acid groups (broad SMARTS) is 1. The minimum Gasteiger partial charge on any atom is -0.506 e.